The van der Waals surface area contributed by atoms with Gasteiger partial charge in [-0.1, -0.05) is 27.7 Å². The first kappa shape index (κ1) is 13.4. The summed E-state index contributed by atoms with van der Waals surface area (Å²) in [5, 5.41) is 3.64. The molecule has 0 aromatic carbocycles. The molecule has 0 aromatic heterocycles. The zero-order valence-corrected chi connectivity index (χ0v) is 12.2. The highest BCUT2D eigenvalue weighted by Crippen LogP contribution is 2.44. The smallest absolute Gasteiger partial charge is 0.0840 e. The number of ether oxygens (including phenoxy) is 1. The van der Waals surface area contributed by atoms with Gasteiger partial charge in [0, 0.05) is 13.1 Å². The van der Waals surface area contributed by atoms with E-state index in [0.29, 0.717) is 11.8 Å². The lowest BCUT2D eigenvalue weighted by atomic mass is 9.70. The Kier molecular flexibility index (Phi) is 3.57. The fraction of sp³-hybridized carbons (Fsp3) is 1.00. The van der Waals surface area contributed by atoms with Crippen molar-refractivity contribution < 1.29 is 4.74 Å². The number of morpholine rings is 1. The Bertz CT molecular complexity index is 278. The van der Waals surface area contributed by atoms with Crippen LogP contribution in [0.3, 0.4) is 0 Å². The van der Waals surface area contributed by atoms with Gasteiger partial charge in [0.05, 0.1) is 11.2 Å². The van der Waals surface area contributed by atoms with Crippen molar-refractivity contribution in [2.75, 3.05) is 13.1 Å². The Hall–Kier alpha value is -0.0800. The average Bonchev–Trinajstić information content (AvgIpc) is 2.25. The summed E-state index contributed by atoms with van der Waals surface area (Å²) in [6, 6.07) is 0. The first-order chi connectivity index (χ1) is 7.88. The van der Waals surface area contributed by atoms with Crippen LogP contribution in [0.4, 0.5) is 0 Å². The summed E-state index contributed by atoms with van der Waals surface area (Å²) in [7, 11) is 0. The van der Waals surface area contributed by atoms with Gasteiger partial charge < -0.3 is 10.1 Å². The minimum Gasteiger partial charge on any atom is -0.366 e. The minimum atomic E-state index is 0.00703. The van der Waals surface area contributed by atoms with Crippen molar-refractivity contribution in [1.29, 1.82) is 0 Å². The van der Waals surface area contributed by atoms with Gasteiger partial charge in [-0.25, -0.2) is 0 Å². The zero-order chi connectivity index (χ0) is 12.7. The third-order valence-corrected chi connectivity index (χ3v) is 5.27. The van der Waals surface area contributed by atoms with Gasteiger partial charge in [-0.2, -0.15) is 0 Å². The zero-order valence-electron chi connectivity index (χ0n) is 12.2. The van der Waals surface area contributed by atoms with E-state index in [4.69, 9.17) is 4.74 Å². The van der Waals surface area contributed by atoms with E-state index >= 15 is 0 Å². The molecule has 0 aromatic rings. The maximum atomic E-state index is 6.66. The number of rotatable bonds is 1. The molecule has 1 spiro atoms. The molecule has 1 aliphatic heterocycles. The summed E-state index contributed by atoms with van der Waals surface area (Å²) in [5.74, 6) is 2.11. The van der Waals surface area contributed by atoms with Crippen LogP contribution in [0.15, 0.2) is 0 Å². The van der Waals surface area contributed by atoms with Crippen molar-refractivity contribution in [3.8, 4) is 0 Å². The third kappa shape index (κ3) is 2.39. The van der Waals surface area contributed by atoms with E-state index in [1.54, 1.807) is 0 Å². The summed E-state index contributed by atoms with van der Waals surface area (Å²) in [5.41, 5.74) is 0.108. The van der Waals surface area contributed by atoms with Crippen molar-refractivity contribution in [3.05, 3.63) is 0 Å². The molecule has 17 heavy (non-hydrogen) atoms. The van der Waals surface area contributed by atoms with Crippen LogP contribution in [0, 0.1) is 17.8 Å². The van der Waals surface area contributed by atoms with Gasteiger partial charge in [0.2, 0.25) is 0 Å². The van der Waals surface area contributed by atoms with E-state index in [2.05, 4.69) is 39.9 Å². The van der Waals surface area contributed by atoms with Gasteiger partial charge in [0.15, 0.2) is 0 Å². The number of hydrogen-bond donors (Lipinski definition) is 1. The quantitative estimate of drug-likeness (QED) is 0.758. The largest absolute Gasteiger partial charge is 0.366 e. The Labute approximate surface area is 107 Å². The summed E-state index contributed by atoms with van der Waals surface area (Å²) in [6.45, 7) is 13.6. The van der Waals surface area contributed by atoms with Crippen LogP contribution in [-0.2, 0) is 4.74 Å². The lowest BCUT2D eigenvalue weighted by molar-refractivity contribution is -0.222. The molecule has 2 rings (SSSR count). The van der Waals surface area contributed by atoms with Gasteiger partial charge in [-0.05, 0) is 43.9 Å². The minimum absolute atomic E-state index is 0.00703. The highest BCUT2D eigenvalue weighted by Gasteiger charge is 2.49. The molecule has 0 radical (unpaired) electrons. The SMILES string of the molecule is CC1CCC2(CNCC(C)(C(C)C)O2)C(C)C1. The fourth-order valence-electron chi connectivity index (χ4n) is 3.47. The van der Waals surface area contributed by atoms with Crippen molar-refractivity contribution in [2.24, 2.45) is 17.8 Å². The molecular weight excluding hydrogens is 210 g/mol. The van der Waals surface area contributed by atoms with Crippen molar-refractivity contribution in [1.82, 2.24) is 5.32 Å². The molecule has 4 atom stereocenters. The summed E-state index contributed by atoms with van der Waals surface area (Å²) in [4.78, 5) is 0. The van der Waals surface area contributed by atoms with Crippen LogP contribution in [0.25, 0.3) is 0 Å². The molecule has 2 aliphatic rings. The van der Waals surface area contributed by atoms with Gasteiger partial charge in [0.25, 0.3) is 0 Å². The molecule has 0 amide bonds. The van der Waals surface area contributed by atoms with Gasteiger partial charge in [-0.3, -0.25) is 0 Å². The third-order valence-electron chi connectivity index (χ3n) is 5.27. The van der Waals surface area contributed by atoms with Gasteiger partial charge in [0.1, 0.15) is 0 Å². The van der Waals surface area contributed by atoms with E-state index in [1.807, 2.05) is 0 Å². The van der Waals surface area contributed by atoms with Crippen LogP contribution >= 0.6 is 0 Å². The van der Waals surface area contributed by atoms with E-state index in [-0.39, 0.29) is 11.2 Å². The topological polar surface area (TPSA) is 21.3 Å². The monoisotopic (exact) mass is 239 g/mol. The Morgan fingerprint density at radius 2 is 1.94 bits per heavy atom. The van der Waals surface area contributed by atoms with E-state index in [0.717, 1.165) is 19.0 Å². The molecule has 2 heteroatoms. The van der Waals surface area contributed by atoms with Crippen LogP contribution in [0.5, 0.6) is 0 Å². The molecule has 0 bridgehead atoms. The van der Waals surface area contributed by atoms with E-state index < -0.39 is 0 Å². The van der Waals surface area contributed by atoms with Crippen molar-refractivity contribution in [2.45, 2.75) is 65.1 Å². The highest BCUT2D eigenvalue weighted by molar-refractivity contribution is 5.00. The molecule has 100 valence electrons. The molecular formula is C15H29NO. The van der Waals surface area contributed by atoms with E-state index in [1.165, 1.54) is 19.3 Å². The molecule has 2 nitrogen and oxygen atoms in total. The Morgan fingerprint density at radius 1 is 1.24 bits per heavy atom. The average molecular weight is 239 g/mol. The molecule has 1 N–H and O–H groups in total. The van der Waals surface area contributed by atoms with Gasteiger partial charge in [-0.15, -0.1) is 0 Å². The molecule has 2 fully saturated rings. The van der Waals surface area contributed by atoms with E-state index in [9.17, 15) is 0 Å². The molecule has 4 unspecified atom stereocenters. The van der Waals surface area contributed by atoms with Crippen LogP contribution in [-0.4, -0.2) is 24.3 Å². The predicted molar refractivity (Wildman–Crippen MR) is 72.1 cm³/mol. The Morgan fingerprint density at radius 3 is 2.53 bits per heavy atom. The fourth-order valence-corrected chi connectivity index (χ4v) is 3.47. The van der Waals surface area contributed by atoms with Crippen molar-refractivity contribution >= 4 is 0 Å². The first-order valence-electron chi connectivity index (χ1n) is 7.29. The standard InChI is InChI=1S/C15H29NO/c1-11(2)14(5)9-16-10-15(17-14)7-6-12(3)8-13(15)4/h11-13,16H,6-10H2,1-5H3. The second-order valence-corrected chi connectivity index (χ2v) is 7.02. The number of nitrogens with one attached hydrogen (secondary N) is 1. The Balaban J connectivity index is 2.15. The number of hydrogen-bond acceptors (Lipinski definition) is 2. The molecule has 1 aliphatic carbocycles. The summed E-state index contributed by atoms with van der Waals surface area (Å²) < 4.78 is 6.66. The normalized spacial score (nSPS) is 47.6. The first-order valence-corrected chi connectivity index (χ1v) is 7.29. The van der Waals surface area contributed by atoms with Crippen LogP contribution in [0.1, 0.15) is 53.9 Å². The second kappa shape index (κ2) is 4.55. The lowest BCUT2D eigenvalue weighted by Crippen LogP contribution is -2.64. The van der Waals surface area contributed by atoms with Gasteiger partial charge >= 0.3 is 0 Å². The molecule has 1 saturated heterocycles. The van der Waals surface area contributed by atoms with Crippen molar-refractivity contribution in [3.63, 3.8) is 0 Å². The van der Waals surface area contributed by atoms with Crippen LogP contribution in [0.2, 0.25) is 0 Å². The lowest BCUT2D eigenvalue weighted by Gasteiger charge is -2.54. The predicted octanol–water partition coefficient (Wildman–Crippen LogP) is 3.22. The van der Waals surface area contributed by atoms with Crippen LogP contribution < -0.4 is 5.32 Å². The molecule has 1 saturated carbocycles. The highest BCUT2D eigenvalue weighted by atomic mass is 16.5. The summed E-state index contributed by atoms with van der Waals surface area (Å²) >= 11 is 0. The second-order valence-electron chi connectivity index (χ2n) is 7.02. The molecule has 1 heterocycles. The summed E-state index contributed by atoms with van der Waals surface area (Å²) in [6.07, 6.45) is 3.86. The maximum Gasteiger partial charge on any atom is 0.0840 e. The maximum absolute atomic E-state index is 6.66.